The third-order valence-electron chi connectivity index (χ3n) is 6.37. The lowest BCUT2D eigenvalue weighted by Crippen LogP contribution is -2.39. The molecular formula is C33H34N2O2. The minimum absolute atomic E-state index is 0.167. The molecule has 4 aromatic carbocycles. The second-order valence-electron chi connectivity index (χ2n) is 9.23. The Morgan fingerprint density at radius 2 is 1.35 bits per heavy atom. The van der Waals surface area contributed by atoms with Crippen molar-refractivity contribution < 1.29 is 9.53 Å². The maximum Gasteiger partial charge on any atom is 0.322 e. The molecule has 0 fully saturated rings. The molecule has 0 saturated carbocycles. The molecule has 0 aliphatic carbocycles. The van der Waals surface area contributed by atoms with E-state index in [9.17, 15) is 4.79 Å². The predicted octanol–water partition coefficient (Wildman–Crippen LogP) is 8.16. The van der Waals surface area contributed by atoms with Gasteiger partial charge in [-0.15, -0.1) is 0 Å². The van der Waals surface area contributed by atoms with Crippen LogP contribution in [0.1, 0.15) is 48.1 Å². The van der Waals surface area contributed by atoms with Gasteiger partial charge in [-0.25, -0.2) is 4.79 Å². The van der Waals surface area contributed by atoms with E-state index in [2.05, 4.69) is 55.6 Å². The average Bonchev–Trinajstić information content (AvgIpc) is 2.94. The van der Waals surface area contributed by atoms with Crippen molar-refractivity contribution in [3.63, 3.8) is 0 Å². The zero-order valence-corrected chi connectivity index (χ0v) is 21.7. The summed E-state index contributed by atoms with van der Waals surface area (Å²) in [5, 5.41) is 3.13. The molecule has 188 valence electrons. The summed E-state index contributed by atoms with van der Waals surface area (Å²) in [6, 6.07) is 35.8. The Balaban J connectivity index is 1.69. The van der Waals surface area contributed by atoms with Crippen LogP contribution >= 0.6 is 0 Å². The van der Waals surface area contributed by atoms with Crippen LogP contribution < -0.4 is 10.1 Å². The van der Waals surface area contributed by atoms with E-state index >= 15 is 0 Å². The first-order valence-electron chi connectivity index (χ1n) is 12.6. The second-order valence-corrected chi connectivity index (χ2v) is 9.23. The summed E-state index contributed by atoms with van der Waals surface area (Å²) in [7, 11) is 1.66. The number of nitrogens with one attached hydrogen (secondary N) is 1. The molecule has 1 N–H and O–H groups in total. The van der Waals surface area contributed by atoms with Gasteiger partial charge in [-0.3, -0.25) is 0 Å². The first kappa shape index (κ1) is 25.8. The van der Waals surface area contributed by atoms with Crippen molar-refractivity contribution in [3.05, 3.63) is 138 Å². The van der Waals surface area contributed by atoms with Gasteiger partial charge in [0.2, 0.25) is 0 Å². The first-order chi connectivity index (χ1) is 18.1. The number of methoxy groups -OCH3 is 1. The number of ether oxygens (including phenoxy) is 1. The van der Waals surface area contributed by atoms with E-state index in [-0.39, 0.29) is 12.1 Å². The van der Waals surface area contributed by atoms with Crippen molar-refractivity contribution in [2.24, 2.45) is 0 Å². The fourth-order valence-corrected chi connectivity index (χ4v) is 4.37. The summed E-state index contributed by atoms with van der Waals surface area (Å²) in [6.07, 6.45) is 4.02. The van der Waals surface area contributed by atoms with Gasteiger partial charge in [0, 0.05) is 17.8 Å². The lowest BCUT2D eigenvalue weighted by molar-refractivity contribution is 0.205. The second kappa shape index (κ2) is 12.6. The van der Waals surface area contributed by atoms with Crippen LogP contribution in [0.15, 0.2) is 115 Å². The topological polar surface area (TPSA) is 41.6 Å². The first-order valence-corrected chi connectivity index (χ1v) is 12.6. The van der Waals surface area contributed by atoms with E-state index in [1.807, 2.05) is 89.8 Å². The third kappa shape index (κ3) is 6.68. The SMILES string of the molecule is COc1ccccc1/C=C/CN(C(=O)Nc1ccc(C(C)C)cc1)C(c1ccccc1)c1ccccc1. The Bertz CT molecular complexity index is 1260. The number of urea groups is 1. The van der Waals surface area contributed by atoms with Crippen LogP contribution in [0.2, 0.25) is 0 Å². The molecule has 0 spiro atoms. The number of carbonyl (C=O) groups excluding carboxylic acids is 1. The number of amides is 2. The highest BCUT2D eigenvalue weighted by Crippen LogP contribution is 2.30. The Hall–Kier alpha value is -4.31. The lowest BCUT2D eigenvalue weighted by Gasteiger charge is -2.32. The van der Waals surface area contributed by atoms with E-state index in [0.717, 1.165) is 28.1 Å². The van der Waals surface area contributed by atoms with Crippen LogP contribution in [0.25, 0.3) is 6.08 Å². The molecule has 4 aromatic rings. The van der Waals surface area contributed by atoms with E-state index < -0.39 is 0 Å². The number of para-hydroxylation sites is 1. The zero-order chi connectivity index (χ0) is 26.0. The maximum atomic E-state index is 13.8. The van der Waals surface area contributed by atoms with Crippen molar-refractivity contribution >= 4 is 17.8 Å². The molecule has 0 aromatic heterocycles. The van der Waals surface area contributed by atoms with Crippen LogP contribution in [0.3, 0.4) is 0 Å². The van der Waals surface area contributed by atoms with Crippen LogP contribution in [-0.4, -0.2) is 24.6 Å². The van der Waals surface area contributed by atoms with Crippen molar-refractivity contribution in [3.8, 4) is 5.75 Å². The molecule has 0 aliphatic rings. The number of carbonyl (C=O) groups is 1. The van der Waals surface area contributed by atoms with E-state index in [1.54, 1.807) is 7.11 Å². The minimum atomic E-state index is -0.264. The van der Waals surface area contributed by atoms with Crippen molar-refractivity contribution in [2.75, 3.05) is 19.0 Å². The van der Waals surface area contributed by atoms with Gasteiger partial charge in [-0.1, -0.05) is 117 Å². The summed E-state index contributed by atoms with van der Waals surface area (Å²) in [5.74, 6) is 1.23. The van der Waals surface area contributed by atoms with Crippen LogP contribution in [0, 0.1) is 0 Å². The highest BCUT2D eigenvalue weighted by molar-refractivity contribution is 5.90. The Labute approximate surface area is 220 Å². The summed E-state index contributed by atoms with van der Waals surface area (Å²) >= 11 is 0. The van der Waals surface area contributed by atoms with Gasteiger partial charge in [-0.2, -0.15) is 0 Å². The quantitative estimate of drug-likeness (QED) is 0.257. The van der Waals surface area contributed by atoms with Crippen LogP contribution in [-0.2, 0) is 0 Å². The number of anilines is 1. The smallest absolute Gasteiger partial charge is 0.322 e. The van der Waals surface area contributed by atoms with Gasteiger partial charge in [0.15, 0.2) is 0 Å². The molecule has 37 heavy (non-hydrogen) atoms. The lowest BCUT2D eigenvalue weighted by atomic mass is 9.97. The van der Waals surface area contributed by atoms with Crippen molar-refractivity contribution in [2.45, 2.75) is 25.8 Å². The van der Waals surface area contributed by atoms with Crippen LogP contribution in [0.5, 0.6) is 5.75 Å². The number of benzene rings is 4. The molecule has 0 radical (unpaired) electrons. The fraction of sp³-hybridized carbons (Fsp3) is 0.182. The average molecular weight is 491 g/mol. The largest absolute Gasteiger partial charge is 0.496 e. The molecule has 0 atom stereocenters. The Morgan fingerprint density at radius 1 is 0.784 bits per heavy atom. The molecule has 0 bridgehead atoms. The minimum Gasteiger partial charge on any atom is -0.496 e. The van der Waals surface area contributed by atoms with Gasteiger partial charge in [-0.05, 0) is 40.8 Å². The van der Waals surface area contributed by atoms with Gasteiger partial charge in [0.05, 0.1) is 13.2 Å². The number of rotatable bonds is 9. The highest BCUT2D eigenvalue weighted by Gasteiger charge is 2.26. The standard InChI is InChI=1S/C33H34N2O2/c1-25(2)26-20-22-30(23-21-26)34-33(36)35(24-12-18-27-13-10-11-19-31(27)37-3)32(28-14-6-4-7-15-28)29-16-8-5-9-17-29/h4-23,25,32H,24H2,1-3H3,(H,34,36)/b18-12+. The molecule has 0 saturated heterocycles. The fourth-order valence-electron chi connectivity index (χ4n) is 4.37. The summed E-state index contributed by atoms with van der Waals surface area (Å²) in [5.41, 5.74) is 5.06. The molecule has 0 heterocycles. The third-order valence-corrected chi connectivity index (χ3v) is 6.37. The maximum absolute atomic E-state index is 13.8. The van der Waals surface area contributed by atoms with Crippen LogP contribution in [0.4, 0.5) is 10.5 Å². The normalized spacial score (nSPS) is 11.2. The molecule has 2 amide bonds. The van der Waals surface area contributed by atoms with Crippen molar-refractivity contribution in [1.82, 2.24) is 4.90 Å². The number of hydrogen-bond donors (Lipinski definition) is 1. The zero-order valence-electron chi connectivity index (χ0n) is 21.7. The monoisotopic (exact) mass is 490 g/mol. The predicted molar refractivity (Wildman–Crippen MR) is 153 cm³/mol. The molecule has 4 rings (SSSR count). The van der Waals surface area contributed by atoms with E-state index in [0.29, 0.717) is 12.5 Å². The Kier molecular flexibility index (Phi) is 8.77. The summed E-state index contributed by atoms with van der Waals surface area (Å²) < 4.78 is 5.50. The summed E-state index contributed by atoms with van der Waals surface area (Å²) in [4.78, 5) is 15.7. The van der Waals surface area contributed by atoms with Gasteiger partial charge >= 0.3 is 6.03 Å². The molecule has 0 unspecified atom stereocenters. The molecule has 0 aliphatic heterocycles. The van der Waals surface area contributed by atoms with Crippen molar-refractivity contribution in [1.29, 1.82) is 0 Å². The number of hydrogen-bond acceptors (Lipinski definition) is 2. The van der Waals surface area contributed by atoms with E-state index in [1.165, 1.54) is 5.56 Å². The van der Waals surface area contributed by atoms with Gasteiger partial charge in [0.25, 0.3) is 0 Å². The molecule has 4 nitrogen and oxygen atoms in total. The van der Waals surface area contributed by atoms with Gasteiger partial charge < -0.3 is 15.0 Å². The summed E-state index contributed by atoms with van der Waals surface area (Å²) in [6.45, 7) is 4.73. The Morgan fingerprint density at radius 3 is 1.92 bits per heavy atom. The molecule has 4 heteroatoms. The number of nitrogens with zero attached hydrogens (tertiary/aromatic N) is 1. The van der Waals surface area contributed by atoms with E-state index in [4.69, 9.17) is 4.74 Å². The van der Waals surface area contributed by atoms with Gasteiger partial charge in [0.1, 0.15) is 5.75 Å². The molecular weight excluding hydrogens is 456 g/mol. The highest BCUT2D eigenvalue weighted by atomic mass is 16.5.